The van der Waals surface area contributed by atoms with E-state index in [0.717, 1.165) is 0 Å². The maximum Gasteiger partial charge on any atom is 0.351 e. The van der Waals surface area contributed by atoms with Gasteiger partial charge in [-0.05, 0) is 32.9 Å². The zero-order valence-corrected chi connectivity index (χ0v) is 11.9. The van der Waals surface area contributed by atoms with Crippen molar-refractivity contribution in [3.05, 3.63) is 29.8 Å². The second kappa shape index (κ2) is 5.12. The summed E-state index contributed by atoms with van der Waals surface area (Å²) in [6.07, 6.45) is 0. The Morgan fingerprint density at radius 1 is 1.24 bits per heavy atom. The third-order valence-electron chi connectivity index (χ3n) is 2.81. The van der Waals surface area contributed by atoms with Crippen molar-refractivity contribution < 1.29 is 24.2 Å². The molecule has 0 saturated heterocycles. The van der Waals surface area contributed by atoms with E-state index in [-0.39, 0.29) is 11.3 Å². The molecule has 1 N–H and O–H groups in total. The molecule has 21 heavy (non-hydrogen) atoms. The highest BCUT2D eigenvalue weighted by Crippen LogP contribution is 2.30. The second-order valence-electron chi connectivity index (χ2n) is 5.65. The van der Waals surface area contributed by atoms with E-state index >= 15 is 0 Å². The van der Waals surface area contributed by atoms with Gasteiger partial charge < -0.3 is 9.84 Å². The van der Waals surface area contributed by atoms with Crippen molar-refractivity contribution in [3.63, 3.8) is 0 Å². The number of carboxylic acid groups (broad SMARTS) is 1. The van der Waals surface area contributed by atoms with Gasteiger partial charge in [-0.15, -0.1) is 0 Å². The number of Topliss-reactive ketones (excluding diaryl/α,β-unsaturated/α-hetero) is 1. The maximum absolute atomic E-state index is 12.4. The summed E-state index contributed by atoms with van der Waals surface area (Å²) in [6.45, 7) is 4.93. The van der Waals surface area contributed by atoms with Crippen molar-refractivity contribution >= 4 is 29.1 Å². The van der Waals surface area contributed by atoms with Gasteiger partial charge in [-0.3, -0.25) is 9.59 Å². The number of nitrogens with zero attached hydrogens (tertiary/aromatic N) is 1. The third kappa shape index (κ3) is 2.99. The number of hydrogen-bond acceptors (Lipinski definition) is 5. The van der Waals surface area contributed by atoms with Crippen LogP contribution in [0.3, 0.4) is 0 Å². The number of benzene rings is 1. The van der Waals surface area contributed by atoms with E-state index in [1.54, 1.807) is 32.9 Å². The summed E-state index contributed by atoms with van der Waals surface area (Å²) >= 11 is 0. The van der Waals surface area contributed by atoms with Crippen molar-refractivity contribution in [1.29, 1.82) is 0 Å². The number of aliphatic imine (C=N–C) groups is 1. The van der Waals surface area contributed by atoms with E-state index in [0.29, 0.717) is 0 Å². The normalized spacial score (nSPS) is 17.8. The van der Waals surface area contributed by atoms with E-state index in [2.05, 4.69) is 4.99 Å². The molecule has 2 rings (SSSR count). The van der Waals surface area contributed by atoms with Crippen LogP contribution in [0, 0.1) is 5.92 Å². The average Bonchev–Trinajstić information content (AvgIpc) is 2.36. The molecule has 1 aromatic carbocycles. The summed E-state index contributed by atoms with van der Waals surface area (Å²) < 4.78 is 5.14. The van der Waals surface area contributed by atoms with E-state index < -0.39 is 35.0 Å². The zero-order valence-electron chi connectivity index (χ0n) is 11.9. The van der Waals surface area contributed by atoms with Crippen LogP contribution in [-0.4, -0.2) is 34.1 Å². The SMILES string of the molecule is CC(C)(C)OC(=O)C1C(=O)c2ccccc2N=C1C(=O)O. The molecule has 6 nitrogen and oxygen atoms in total. The molecule has 1 aliphatic rings. The second-order valence-corrected chi connectivity index (χ2v) is 5.65. The first kappa shape index (κ1) is 14.9. The molecule has 1 heterocycles. The lowest BCUT2D eigenvalue weighted by atomic mass is 9.89. The van der Waals surface area contributed by atoms with Gasteiger partial charge in [-0.2, -0.15) is 0 Å². The van der Waals surface area contributed by atoms with Crippen LogP contribution in [0.1, 0.15) is 31.1 Å². The predicted octanol–water partition coefficient (Wildman–Crippen LogP) is 2.00. The lowest BCUT2D eigenvalue weighted by molar-refractivity contribution is -0.156. The first-order valence-corrected chi connectivity index (χ1v) is 6.38. The molecular weight excluding hydrogens is 274 g/mol. The van der Waals surface area contributed by atoms with Crippen molar-refractivity contribution in [2.45, 2.75) is 26.4 Å². The van der Waals surface area contributed by atoms with Crippen LogP contribution in [0.4, 0.5) is 5.69 Å². The topological polar surface area (TPSA) is 93.0 Å². The molecule has 0 spiro atoms. The lowest BCUT2D eigenvalue weighted by Crippen LogP contribution is -2.42. The number of hydrogen-bond donors (Lipinski definition) is 1. The fourth-order valence-electron chi connectivity index (χ4n) is 2.00. The first-order valence-electron chi connectivity index (χ1n) is 6.38. The summed E-state index contributed by atoms with van der Waals surface area (Å²) in [4.78, 5) is 39.8. The van der Waals surface area contributed by atoms with Crippen molar-refractivity contribution in [2.75, 3.05) is 0 Å². The van der Waals surface area contributed by atoms with Gasteiger partial charge in [0.25, 0.3) is 0 Å². The fourth-order valence-corrected chi connectivity index (χ4v) is 2.00. The van der Waals surface area contributed by atoms with Gasteiger partial charge in [0.2, 0.25) is 0 Å². The Bertz CT molecular complexity index is 654. The monoisotopic (exact) mass is 289 g/mol. The molecule has 1 aliphatic heterocycles. The summed E-state index contributed by atoms with van der Waals surface area (Å²) in [5, 5.41) is 9.21. The predicted molar refractivity (Wildman–Crippen MR) is 74.8 cm³/mol. The molecule has 0 bridgehead atoms. The highest BCUT2D eigenvalue weighted by Gasteiger charge is 2.42. The van der Waals surface area contributed by atoms with Gasteiger partial charge in [0.05, 0.1) is 5.69 Å². The molecule has 0 radical (unpaired) electrons. The molecule has 110 valence electrons. The number of ether oxygens (including phenoxy) is 1. The van der Waals surface area contributed by atoms with Crippen LogP contribution in [0.5, 0.6) is 0 Å². The average molecular weight is 289 g/mol. The molecule has 0 amide bonds. The standard InChI is InChI=1S/C15H15NO5/c1-15(2,3)21-14(20)10-11(13(18)19)16-9-7-5-4-6-8(9)12(10)17/h4-7,10H,1-3H3,(H,18,19). The highest BCUT2D eigenvalue weighted by atomic mass is 16.6. The van der Waals surface area contributed by atoms with E-state index in [4.69, 9.17) is 4.74 Å². The summed E-state index contributed by atoms with van der Waals surface area (Å²) in [5.41, 5.74) is -0.858. The molecule has 0 aliphatic carbocycles. The number of carbonyl (C=O) groups excluding carboxylic acids is 2. The van der Waals surface area contributed by atoms with Crippen LogP contribution in [0.25, 0.3) is 0 Å². The number of para-hydroxylation sites is 1. The quantitative estimate of drug-likeness (QED) is 0.664. The Labute approximate surface area is 121 Å². The van der Waals surface area contributed by atoms with Crippen LogP contribution in [-0.2, 0) is 14.3 Å². The minimum atomic E-state index is -1.53. The van der Waals surface area contributed by atoms with Crippen LogP contribution < -0.4 is 0 Å². The van der Waals surface area contributed by atoms with Crippen molar-refractivity contribution in [2.24, 2.45) is 10.9 Å². The number of esters is 1. The molecule has 1 atom stereocenters. The van der Waals surface area contributed by atoms with Gasteiger partial charge in [-0.25, -0.2) is 9.79 Å². The van der Waals surface area contributed by atoms with Gasteiger partial charge in [0, 0.05) is 5.56 Å². The van der Waals surface area contributed by atoms with Crippen LogP contribution in [0.2, 0.25) is 0 Å². The number of rotatable bonds is 2. The zero-order chi connectivity index (χ0) is 15.8. The Morgan fingerprint density at radius 3 is 2.43 bits per heavy atom. The smallest absolute Gasteiger partial charge is 0.351 e. The highest BCUT2D eigenvalue weighted by molar-refractivity contribution is 6.48. The maximum atomic E-state index is 12.4. The van der Waals surface area contributed by atoms with Crippen LogP contribution in [0.15, 0.2) is 29.3 Å². The summed E-state index contributed by atoms with van der Waals surface area (Å²) in [7, 11) is 0. The minimum absolute atomic E-state index is 0.221. The molecular formula is C15H15NO5. The Hall–Kier alpha value is -2.50. The Morgan fingerprint density at radius 2 is 1.86 bits per heavy atom. The number of carbonyl (C=O) groups is 3. The number of ketones is 1. The molecule has 0 fully saturated rings. The van der Waals surface area contributed by atoms with Gasteiger partial charge in [0.1, 0.15) is 11.3 Å². The van der Waals surface area contributed by atoms with Gasteiger partial charge in [0.15, 0.2) is 11.7 Å². The largest absolute Gasteiger partial charge is 0.477 e. The first-order chi connectivity index (χ1) is 9.70. The van der Waals surface area contributed by atoms with Gasteiger partial charge >= 0.3 is 11.9 Å². The fraction of sp³-hybridized carbons (Fsp3) is 0.333. The van der Waals surface area contributed by atoms with E-state index in [9.17, 15) is 19.5 Å². The molecule has 1 aromatic rings. The van der Waals surface area contributed by atoms with E-state index in [1.165, 1.54) is 12.1 Å². The summed E-state index contributed by atoms with van der Waals surface area (Å²) in [6, 6.07) is 6.31. The molecule has 0 saturated carbocycles. The Kier molecular flexibility index (Phi) is 3.63. The van der Waals surface area contributed by atoms with Crippen molar-refractivity contribution in [3.8, 4) is 0 Å². The van der Waals surface area contributed by atoms with Gasteiger partial charge in [-0.1, -0.05) is 12.1 Å². The minimum Gasteiger partial charge on any atom is -0.477 e. The van der Waals surface area contributed by atoms with Crippen LogP contribution >= 0.6 is 0 Å². The Balaban J connectivity index is 2.48. The molecule has 0 aromatic heterocycles. The number of aliphatic carboxylic acids is 1. The van der Waals surface area contributed by atoms with E-state index in [1.807, 2.05) is 0 Å². The molecule has 6 heteroatoms. The number of fused-ring (bicyclic) bond motifs is 1. The number of carboxylic acids is 1. The molecule has 1 unspecified atom stereocenters. The lowest BCUT2D eigenvalue weighted by Gasteiger charge is -2.25. The third-order valence-corrected chi connectivity index (χ3v) is 2.81. The summed E-state index contributed by atoms with van der Waals surface area (Å²) in [5.74, 6) is -4.44. The van der Waals surface area contributed by atoms with Crippen molar-refractivity contribution in [1.82, 2.24) is 0 Å².